The fourth-order valence-electron chi connectivity index (χ4n) is 2.04. The van der Waals surface area contributed by atoms with Gasteiger partial charge in [-0.05, 0) is 12.1 Å². The number of benzene rings is 1. The molecule has 20 heavy (non-hydrogen) atoms. The van der Waals surface area contributed by atoms with Gasteiger partial charge in [0.1, 0.15) is 11.3 Å². The maximum atomic E-state index is 11.8. The highest BCUT2D eigenvalue weighted by molar-refractivity contribution is 6.02. The van der Waals surface area contributed by atoms with Crippen molar-refractivity contribution in [2.75, 3.05) is 7.11 Å². The van der Waals surface area contributed by atoms with Gasteiger partial charge in [-0.3, -0.25) is 4.79 Å². The fraction of sp³-hybridized carbons (Fsp3) is 0.0714. The molecule has 6 heteroatoms. The Morgan fingerprint density at radius 1 is 1.30 bits per heavy atom. The van der Waals surface area contributed by atoms with Crippen LogP contribution in [0.2, 0.25) is 0 Å². The van der Waals surface area contributed by atoms with E-state index in [1.54, 1.807) is 30.6 Å². The van der Waals surface area contributed by atoms with Crippen molar-refractivity contribution >= 4 is 17.0 Å². The van der Waals surface area contributed by atoms with Crippen LogP contribution in [0.1, 0.15) is 10.4 Å². The Hall–Kier alpha value is -2.89. The lowest BCUT2D eigenvalue weighted by molar-refractivity contribution is 0.0603. The van der Waals surface area contributed by atoms with E-state index in [1.807, 2.05) is 0 Å². The van der Waals surface area contributed by atoms with Crippen LogP contribution in [0.5, 0.6) is 0 Å². The number of fused-ring (bicyclic) bond motifs is 1. The smallest absolute Gasteiger partial charge is 0.340 e. The van der Waals surface area contributed by atoms with Crippen LogP contribution >= 0.6 is 0 Å². The summed E-state index contributed by atoms with van der Waals surface area (Å²) in [6.07, 6.45) is 3.12. The summed E-state index contributed by atoms with van der Waals surface area (Å²) in [5, 5.41) is 0. The van der Waals surface area contributed by atoms with Gasteiger partial charge in [-0.2, -0.15) is 0 Å². The number of nitrogens with zero attached hydrogens (tertiary/aromatic N) is 1. The molecule has 2 N–H and O–H groups in total. The molecule has 2 heterocycles. The van der Waals surface area contributed by atoms with Gasteiger partial charge in [0.05, 0.1) is 23.8 Å². The second-order valence-corrected chi connectivity index (χ2v) is 4.20. The van der Waals surface area contributed by atoms with Crippen LogP contribution in [0.3, 0.4) is 0 Å². The number of pyridine rings is 1. The topological polar surface area (TPSA) is 87.8 Å². The van der Waals surface area contributed by atoms with Crippen LogP contribution in [0, 0.1) is 0 Å². The minimum atomic E-state index is -0.462. The Balaban J connectivity index is 2.24. The van der Waals surface area contributed by atoms with E-state index in [0.29, 0.717) is 28.0 Å². The summed E-state index contributed by atoms with van der Waals surface area (Å²) >= 11 is 0. The van der Waals surface area contributed by atoms with Crippen molar-refractivity contribution in [1.29, 1.82) is 0 Å². The zero-order chi connectivity index (χ0) is 14.1. The van der Waals surface area contributed by atoms with Crippen molar-refractivity contribution in [3.05, 3.63) is 52.4 Å². The van der Waals surface area contributed by atoms with E-state index in [9.17, 15) is 9.59 Å². The molecule has 0 amide bonds. The van der Waals surface area contributed by atoms with Crippen molar-refractivity contribution in [2.24, 2.45) is 0 Å². The molecule has 6 nitrogen and oxygen atoms in total. The molecular weight excluding hydrogens is 258 g/mol. The Bertz CT molecular complexity index is 848. The lowest BCUT2D eigenvalue weighted by Gasteiger charge is -1.98. The van der Waals surface area contributed by atoms with Gasteiger partial charge in [0.2, 0.25) is 0 Å². The van der Waals surface area contributed by atoms with Crippen LogP contribution in [0.25, 0.3) is 22.4 Å². The number of imidazole rings is 1. The van der Waals surface area contributed by atoms with E-state index in [2.05, 4.69) is 15.0 Å². The molecule has 0 bridgehead atoms. The number of carbonyl (C=O) groups is 1. The third-order valence-corrected chi connectivity index (χ3v) is 3.00. The molecule has 0 radical (unpaired) electrons. The predicted octanol–water partition coefficient (Wildman–Crippen LogP) is 1.70. The second kappa shape index (κ2) is 4.65. The molecule has 3 rings (SSSR count). The average molecular weight is 269 g/mol. The number of aromatic amines is 2. The number of hydrogen-bond donors (Lipinski definition) is 2. The summed E-state index contributed by atoms with van der Waals surface area (Å²) in [6.45, 7) is 0. The highest BCUT2D eigenvalue weighted by Gasteiger charge is 2.15. The number of hydrogen-bond acceptors (Lipinski definition) is 4. The second-order valence-electron chi connectivity index (χ2n) is 4.20. The van der Waals surface area contributed by atoms with Gasteiger partial charge in [-0.1, -0.05) is 6.07 Å². The molecule has 0 saturated heterocycles. The SMILES string of the molecule is COC(=O)c1cccc2[nH]c(-c3c[nH]ccc3=O)nc12. The van der Waals surface area contributed by atoms with Crippen LogP contribution in [0.4, 0.5) is 0 Å². The van der Waals surface area contributed by atoms with Gasteiger partial charge in [-0.15, -0.1) is 0 Å². The number of nitrogens with one attached hydrogen (secondary N) is 2. The van der Waals surface area contributed by atoms with E-state index in [-0.39, 0.29) is 5.43 Å². The lowest BCUT2D eigenvalue weighted by atomic mass is 10.2. The van der Waals surface area contributed by atoms with Crippen molar-refractivity contribution in [2.45, 2.75) is 0 Å². The van der Waals surface area contributed by atoms with Crippen LogP contribution < -0.4 is 5.43 Å². The maximum Gasteiger partial charge on any atom is 0.340 e. The first-order chi connectivity index (χ1) is 9.70. The molecule has 0 aliphatic rings. The zero-order valence-corrected chi connectivity index (χ0v) is 10.6. The number of aromatic nitrogens is 3. The van der Waals surface area contributed by atoms with E-state index in [4.69, 9.17) is 4.74 Å². The summed E-state index contributed by atoms with van der Waals surface area (Å²) in [7, 11) is 1.32. The molecule has 0 fully saturated rings. The Kier molecular flexibility index (Phi) is 2.83. The minimum Gasteiger partial charge on any atom is -0.465 e. The molecule has 2 aromatic heterocycles. The Labute approximate surface area is 113 Å². The summed E-state index contributed by atoms with van der Waals surface area (Å²) in [6, 6.07) is 6.57. The number of rotatable bonds is 2. The van der Waals surface area contributed by atoms with Gasteiger partial charge in [-0.25, -0.2) is 9.78 Å². The van der Waals surface area contributed by atoms with Gasteiger partial charge in [0.25, 0.3) is 0 Å². The maximum absolute atomic E-state index is 11.8. The molecule has 0 aliphatic carbocycles. The molecule has 3 aromatic rings. The van der Waals surface area contributed by atoms with Crippen LogP contribution in [-0.2, 0) is 4.74 Å². The van der Waals surface area contributed by atoms with Gasteiger partial charge in [0.15, 0.2) is 5.43 Å². The lowest BCUT2D eigenvalue weighted by Crippen LogP contribution is -2.04. The monoisotopic (exact) mass is 269 g/mol. The quantitative estimate of drug-likeness (QED) is 0.693. The zero-order valence-electron chi connectivity index (χ0n) is 10.6. The summed E-state index contributed by atoms with van der Waals surface area (Å²) in [5.74, 6) is -0.0474. The molecule has 0 aliphatic heterocycles. The average Bonchev–Trinajstić information content (AvgIpc) is 2.90. The van der Waals surface area contributed by atoms with E-state index < -0.39 is 5.97 Å². The van der Waals surface area contributed by atoms with Crippen molar-refractivity contribution in [3.8, 4) is 11.4 Å². The number of esters is 1. The molecular formula is C14H11N3O3. The van der Waals surface area contributed by atoms with E-state index in [0.717, 1.165) is 0 Å². The van der Waals surface area contributed by atoms with Gasteiger partial charge < -0.3 is 14.7 Å². The normalized spacial score (nSPS) is 10.7. The summed E-state index contributed by atoms with van der Waals surface area (Å²) < 4.78 is 4.72. The number of ether oxygens (including phenoxy) is 1. The first-order valence-electron chi connectivity index (χ1n) is 5.95. The highest BCUT2D eigenvalue weighted by Crippen LogP contribution is 2.21. The summed E-state index contributed by atoms with van der Waals surface area (Å²) in [5.41, 5.74) is 1.78. The highest BCUT2D eigenvalue weighted by atomic mass is 16.5. The first-order valence-corrected chi connectivity index (χ1v) is 5.95. The third kappa shape index (κ3) is 1.87. The number of para-hydroxylation sites is 1. The first kappa shape index (κ1) is 12.2. The van der Waals surface area contributed by atoms with E-state index in [1.165, 1.54) is 13.2 Å². The third-order valence-electron chi connectivity index (χ3n) is 3.00. The molecule has 0 atom stereocenters. The molecule has 0 unspecified atom stereocenters. The predicted molar refractivity (Wildman–Crippen MR) is 73.5 cm³/mol. The molecule has 100 valence electrons. The number of methoxy groups -OCH3 is 1. The van der Waals surface area contributed by atoms with Gasteiger partial charge in [0, 0.05) is 18.5 Å². The number of carbonyl (C=O) groups excluding carboxylic acids is 1. The largest absolute Gasteiger partial charge is 0.465 e. The molecule has 0 saturated carbocycles. The standard InChI is InChI=1S/C14H11N3O3/c1-20-14(19)8-3-2-4-10-12(8)17-13(16-10)9-7-15-6-5-11(9)18/h2-7H,1H3,(H,15,18)(H,16,17). The van der Waals surface area contributed by atoms with E-state index >= 15 is 0 Å². The molecule has 0 spiro atoms. The fourth-order valence-corrected chi connectivity index (χ4v) is 2.04. The van der Waals surface area contributed by atoms with Crippen molar-refractivity contribution < 1.29 is 9.53 Å². The Morgan fingerprint density at radius 3 is 2.90 bits per heavy atom. The summed E-state index contributed by atoms with van der Waals surface area (Å²) in [4.78, 5) is 33.7. The Morgan fingerprint density at radius 2 is 2.15 bits per heavy atom. The van der Waals surface area contributed by atoms with Crippen LogP contribution in [-0.4, -0.2) is 28.0 Å². The molecule has 1 aromatic carbocycles. The van der Waals surface area contributed by atoms with Crippen LogP contribution in [0.15, 0.2) is 41.5 Å². The van der Waals surface area contributed by atoms with Crippen molar-refractivity contribution in [3.63, 3.8) is 0 Å². The van der Waals surface area contributed by atoms with Gasteiger partial charge >= 0.3 is 5.97 Å². The minimum absolute atomic E-state index is 0.151. The number of H-pyrrole nitrogens is 2. The van der Waals surface area contributed by atoms with Crippen molar-refractivity contribution in [1.82, 2.24) is 15.0 Å².